The van der Waals surface area contributed by atoms with Crippen molar-refractivity contribution in [1.82, 2.24) is 10.3 Å². The number of β-amino-alcohol motifs (C(OH)–C–C–N with tert-alkyl or cyclic N) is 1. The van der Waals surface area contributed by atoms with Gasteiger partial charge < -0.3 is 16.2 Å². The van der Waals surface area contributed by atoms with Gasteiger partial charge in [0, 0.05) is 24.8 Å². The number of nitrogen functional groups attached to an aromatic ring is 1. The summed E-state index contributed by atoms with van der Waals surface area (Å²) in [4.78, 5) is 4.07. The lowest BCUT2D eigenvalue weighted by Crippen LogP contribution is -2.32. The minimum absolute atomic E-state index is 0.437. The van der Waals surface area contributed by atoms with Crippen LogP contribution in [-0.2, 0) is 0 Å². The molecule has 1 aromatic rings. The Labute approximate surface area is 88.8 Å². The molecule has 0 fully saturated rings. The van der Waals surface area contributed by atoms with Gasteiger partial charge in [-0.05, 0) is 30.2 Å². The Balaban J connectivity index is 2.45. The van der Waals surface area contributed by atoms with Crippen molar-refractivity contribution >= 4 is 11.4 Å². The zero-order chi connectivity index (χ0) is 10.8. The van der Waals surface area contributed by atoms with Crippen LogP contribution in [0.5, 0.6) is 0 Å². The molecule has 2 rings (SSSR count). The molecule has 80 valence electrons. The van der Waals surface area contributed by atoms with E-state index in [2.05, 4.69) is 10.3 Å². The van der Waals surface area contributed by atoms with Crippen LogP contribution < -0.4 is 11.1 Å². The number of anilines is 1. The smallest absolute Gasteiger partial charge is 0.131 e. The summed E-state index contributed by atoms with van der Waals surface area (Å²) in [6, 6.07) is 1.92. The maximum Gasteiger partial charge on any atom is 0.131 e. The van der Waals surface area contributed by atoms with Crippen LogP contribution in [0.4, 0.5) is 5.82 Å². The van der Waals surface area contributed by atoms with Gasteiger partial charge in [0.15, 0.2) is 0 Å². The number of hydrogen-bond acceptors (Lipinski definition) is 4. The first kappa shape index (κ1) is 10.1. The molecule has 1 aliphatic heterocycles. The van der Waals surface area contributed by atoms with Crippen LogP contribution in [-0.4, -0.2) is 29.3 Å². The summed E-state index contributed by atoms with van der Waals surface area (Å²) in [5.74, 6) is 0.525. The van der Waals surface area contributed by atoms with E-state index in [1.165, 1.54) is 0 Å². The minimum atomic E-state index is -0.437. The van der Waals surface area contributed by atoms with E-state index in [9.17, 15) is 5.11 Å². The zero-order valence-electron chi connectivity index (χ0n) is 8.70. The van der Waals surface area contributed by atoms with Crippen molar-refractivity contribution in [3.05, 3.63) is 29.5 Å². The SMILES string of the molecule is Cc1ccnc(N)c1C1=CC(O)CNC1. The first-order chi connectivity index (χ1) is 7.18. The third kappa shape index (κ3) is 2.00. The van der Waals surface area contributed by atoms with Gasteiger partial charge in [0.2, 0.25) is 0 Å². The van der Waals surface area contributed by atoms with Crippen LogP contribution in [0.1, 0.15) is 11.1 Å². The van der Waals surface area contributed by atoms with Crippen molar-refractivity contribution in [2.75, 3.05) is 18.8 Å². The molecule has 0 saturated carbocycles. The van der Waals surface area contributed by atoms with Gasteiger partial charge in [-0.1, -0.05) is 0 Å². The summed E-state index contributed by atoms with van der Waals surface area (Å²) in [6.07, 6.45) is 3.10. The molecular formula is C11H15N3O. The summed E-state index contributed by atoms with van der Waals surface area (Å²) in [6.45, 7) is 3.33. The van der Waals surface area contributed by atoms with Crippen molar-refractivity contribution in [2.45, 2.75) is 13.0 Å². The van der Waals surface area contributed by atoms with Gasteiger partial charge in [0.1, 0.15) is 5.82 Å². The molecule has 1 unspecified atom stereocenters. The van der Waals surface area contributed by atoms with Crippen LogP contribution in [0.25, 0.3) is 5.57 Å². The summed E-state index contributed by atoms with van der Waals surface area (Å²) in [5.41, 5.74) is 8.90. The van der Waals surface area contributed by atoms with Gasteiger partial charge in [-0.15, -0.1) is 0 Å². The number of aromatic nitrogens is 1. The van der Waals surface area contributed by atoms with Gasteiger partial charge >= 0.3 is 0 Å². The zero-order valence-corrected chi connectivity index (χ0v) is 8.70. The van der Waals surface area contributed by atoms with Gasteiger partial charge in [-0.3, -0.25) is 0 Å². The Bertz CT molecular complexity index is 381. The molecular weight excluding hydrogens is 190 g/mol. The number of hydrogen-bond donors (Lipinski definition) is 3. The van der Waals surface area contributed by atoms with E-state index in [0.717, 1.165) is 23.2 Å². The lowest BCUT2D eigenvalue weighted by atomic mass is 9.98. The molecule has 0 saturated heterocycles. The Hall–Kier alpha value is -1.39. The molecule has 0 aromatic carbocycles. The van der Waals surface area contributed by atoms with E-state index in [1.54, 1.807) is 6.20 Å². The third-order valence-electron chi connectivity index (χ3n) is 2.57. The molecule has 0 spiro atoms. The molecule has 0 amide bonds. The van der Waals surface area contributed by atoms with Crippen molar-refractivity contribution < 1.29 is 5.11 Å². The molecule has 15 heavy (non-hydrogen) atoms. The van der Waals surface area contributed by atoms with E-state index >= 15 is 0 Å². The lowest BCUT2D eigenvalue weighted by Gasteiger charge is -2.20. The van der Waals surface area contributed by atoms with Crippen molar-refractivity contribution in [3.63, 3.8) is 0 Å². The molecule has 0 bridgehead atoms. The number of pyridine rings is 1. The first-order valence-electron chi connectivity index (χ1n) is 4.99. The van der Waals surface area contributed by atoms with Crippen molar-refractivity contribution in [3.8, 4) is 0 Å². The topological polar surface area (TPSA) is 71.2 Å². The van der Waals surface area contributed by atoms with E-state index in [-0.39, 0.29) is 0 Å². The molecule has 1 aromatic heterocycles. The molecule has 1 atom stereocenters. The average Bonchev–Trinajstić information content (AvgIpc) is 2.17. The number of aliphatic hydroxyl groups is 1. The van der Waals surface area contributed by atoms with E-state index < -0.39 is 6.10 Å². The Morgan fingerprint density at radius 1 is 1.60 bits per heavy atom. The second kappa shape index (κ2) is 4.00. The van der Waals surface area contributed by atoms with Gasteiger partial charge in [0.05, 0.1) is 6.10 Å². The molecule has 0 radical (unpaired) electrons. The molecule has 2 heterocycles. The monoisotopic (exact) mass is 205 g/mol. The predicted molar refractivity (Wildman–Crippen MR) is 60.2 cm³/mol. The Kier molecular flexibility index (Phi) is 2.70. The van der Waals surface area contributed by atoms with E-state index in [1.807, 2.05) is 19.1 Å². The van der Waals surface area contributed by atoms with E-state index in [4.69, 9.17) is 5.73 Å². The highest BCUT2D eigenvalue weighted by molar-refractivity contribution is 5.77. The van der Waals surface area contributed by atoms with Crippen LogP contribution >= 0.6 is 0 Å². The maximum atomic E-state index is 9.52. The van der Waals surface area contributed by atoms with Gasteiger partial charge in [0.25, 0.3) is 0 Å². The molecule has 1 aliphatic rings. The standard InChI is InChI=1S/C11H15N3O/c1-7-2-3-14-11(12)10(7)8-4-9(15)6-13-5-8/h2-4,9,13,15H,5-6H2,1H3,(H2,12,14). The van der Waals surface area contributed by atoms with Crippen LogP contribution in [0.2, 0.25) is 0 Å². The summed E-state index contributed by atoms with van der Waals surface area (Å²) < 4.78 is 0. The molecule has 4 heteroatoms. The van der Waals surface area contributed by atoms with Crippen LogP contribution in [0, 0.1) is 6.92 Å². The fourth-order valence-electron chi connectivity index (χ4n) is 1.87. The van der Waals surface area contributed by atoms with E-state index in [0.29, 0.717) is 12.4 Å². The molecule has 4 N–H and O–H groups in total. The fraction of sp³-hybridized carbons (Fsp3) is 0.364. The minimum Gasteiger partial charge on any atom is -0.388 e. The van der Waals surface area contributed by atoms with Gasteiger partial charge in [-0.2, -0.15) is 0 Å². The quantitative estimate of drug-likeness (QED) is 0.617. The fourth-order valence-corrected chi connectivity index (χ4v) is 1.87. The van der Waals surface area contributed by atoms with Crippen LogP contribution in [0.15, 0.2) is 18.3 Å². The summed E-state index contributed by atoms with van der Waals surface area (Å²) in [7, 11) is 0. The largest absolute Gasteiger partial charge is 0.388 e. The third-order valence-corrected chi connectivity index (χ3v) is 2.57. The molecule has 4 nitrogen and oxygen atoms in total. The van der Waals surface area contributed by atoms with Crippen molar-refractivity contribution in [2.24, 2.45) is 0 Å². The second-order valence-electron chi connectivity index (χ2n) is 3.78. The summed E-state index contributed by atoms with van der Waals surface area (Å²) in [5, 5.41) is 12.7. The summed E-state index contributed by atoms with van der Waals surface area (Å²) >= 11 is 0. The second-order valence-corrected chi connectivity index (χ2v) is 3.78. The first-order valence-corrected chi connectivity index (χ1v) is 4.99. The number of nitrogens with zero attached hydrogens (tertiary/aromatic N) is 1. The number of nitrogens with two attached hydrogens (primary N) is 1. The highest BCUT2D eigenvalue weighted by Gasteiger charge is 2.15. The van der Waals surface area contributed by atoms with Crippen LogP contribution in [0.3, 0.4) is 0 Å². The highest BCUT2D eigenvalue weighted by Crippen LogP contribution is 2.24. The Morgan fingerprint density at radius 3 is 3.07 bits per heavy atom. The van der Waals surface area contributed by atoms with Gasteiger partial charge in [-0.25, -0.2) is 4.98 Å². The number of aryl methyl sites for hydroxylation is 1. The molecule has 0 aliphatic carbocycles. The number of rotatable bonds is 1. The lowest BCUT2D eigenvalue weighted by molar-refractivity contribution is 0.217. The average molecular weight is 205 g/mol. The maximum absolute atomic E-state index is 9.52. The number of nitrogens with one attached hydrogen (secondary N) is 1. The predicted octanol–water partition coefficient (Wildman–Crippen LogP) is 0.320. The number of aliphatic hydroxyl groups excluding tert-OH is 1. The van der Waals surface area contributed by atoms with Crippen molar-refractivity contribution in [1.29, 1.82) is 0 Å². The highest BCUT2D eigenvalue weighted by atomic mass is 16.3. The Morgan fingerprint density at radius 2 is 2.40 bits per heavy atom. The normalized spacial score (nSPS) is 21.2.